The van der Waals surface area contributed by atoms with Crippen molar-refractivity contribution in [3.05, 3.63) is 64.9 Å². The van der Waals surface area contributed by atoms with E-state index in [0.29, 0.717) is 23.6 Å². The highest BCUT2D eigenvalue weighted by atomic mass is 19.1. The van der Waals surface area contributed by atoms with Crippen LogP contribution < -0.4 is 4.74 Å². The number of carbonyl (C=O) groups is 1. The summed E-state index contributed by atoms with van der Waals surface area (Å²) in [5.41, 5.74) is 5.21. The number of carbonyl (C=O) groups excluding carboxylic acids is 1. The number of likely N-dealkylation sites (N-methyl/N-ethyl adjacent to an activating group) is 1. The van der Waals surface area contributed by atoms with Crippen LogP contribution in [-0.4, -0.2) is 51.0 Å². The maximum Gasteiger partial charge on any atom is 0.274 e. The molecule has 8 heteroatoms. The highest BCUT2D eigenvalue weighted by molar-refractivity contribution is 5.98. The Morgan fingerprint density at radius 3 is 2.82 bits per heavy atom. The number of benzene rings is 2. The second-order valence-corrected chi connectivity index (χ2v) is 8.10. The van der Waals surface area contributed by atoms with Crippen molar-refractivity contribution in [2.24, 2.45) is 7.05 Å². The molecule has 2 aromatic heterocycles. The first-order valence-electron chi connectivity index (χ1n) is 10.9. The average molecular weight is 445 g/mol. The zero-order valence-corrected chi connectivity index (χ0v) is 18.7. The van der Waals surface area contributed by atoms with Gasteiger partial charge < -0.3 is 9.64 Å². The molecule has 2 bridgehead atoms. The first kappa shape index (κ1) is 20.9. The minimum atomic E-state index is -0.344. The molecule has 1 N–H and O–H groups in total. The summed E-state index contributed by atoms with van der Waals surface area (Å²) >= 11 is 0. The lowest BCUT2D eigenvalue weighted by molar-refractivity contribution is 0.0767. The number of aromatic amines is 1. The van der Waals surface area contributed by atoms with E-state index < -0.39 is 0 Å². The monoisotopic (exact) mass is 445 g/mol. The van der Waals surface area contributed by atoms with Crippen LogP contribution in [-0.2, 0) is 13.5 Å². The van der Waals surface area contributed by atoms with Crippen molar-refractivity contribution in [2.45, 2.75) is 13.3 Å². The molecule has 1 aliphatic heterocycles. The molecule has 0 aliphatic carbocycles. The van der Waals surface area contributed by atoms with Gasteiger partial charge in [-0.05, 0) is 54.5 Å². The predicted octanol–water partition coefficient (Wildman–Crippen LogP) is 4.30. The Labute approximate surface area is 190 Å². The molecule has 0 saturated heterocycles. The summed E-state index contributed by atoms with van der Waals surface area (Å²) in [5, 5.41) is 12.9. The number of fused-ring (bicyclic) bond motifs is 4. The van der Waals surface area contributed by atoms with Gasteiger partial charge >= 0.3 is 0 Å². The topological polar surface area (TPSA) is 76.0 Å². The van der Waals surface area contributed by atoms with Gasteiger partial charge in [0, 0.05) is 36.3 Å². The summed E-state index contributed by atoms with van der Waals surface area (Å²) in [6, 6.07) is 10.2. The molecule has 168 valence electrons. The van der Waals surface area contributed by atoms with Gasteiger partial charge in [-0.15, -0.1) is 0 Å². The van der Waals surface area contributed by atoms with Crippen molar-refractivity contribution in [3.63, 3.8) is 0 Å². The normalized spacial score (nSPS) is 15.0. The minimum Gasteiger partial charge on any atom is -0.491 e. The van der Waals surface area contributed by atoms with Gasteiger partial charge in [-0.25, -0.2) is 4.39 Å². The van der Waals surface area contributed by atoms with Crippen LogP contribution in [0.15, 0.2) is 36.4 Å². The second-order valence-electron chi connectivity index (χ2n) is 8.10. The third-order valence-corrected chi connectivity index (χ3v) is 6.03. The van der Waals surface area contributed by atoms with Crippen LogP contribution in [0, 0.1) is 5.82 Å². The number of nitrogens with zero attached hydrogens (tertiary/aromatic N) is 4. The van der Waals surface area contributed by atoms with Crippen LogP contribution in [0.1, 0.15) is 34.4 Å². The number of H-pyrrole nitrogens is 1. The number of ether oxygens (including phenoxy) is 1. The van der Waals surface area contributed by atoms with Crippen molar-refractivity contribution < 1.29 is 13.9 Å². The van der Waals surface area contributed by atoms with Gasteiger partial charge in [0.2, 0.25) is 0 Å². The van der Waals surface area contributed by atoms with E-state index in [1.54, 1.807) is 22.7 Å². The third-order valence-electron chi connectivity index (χ3n) is 6.03. The third kappa shape index (κ3) is 3.67. The fourth-order valence-corrected chi connectivity index (χ4v) is 4.25. The number of halogens is 1. The largest absolute Gasteiger partial charge is 0.491 e. The lowest BCUT2D eigenvalue weighted by Gasteiger charge is -2.18. The van der Waals surface area contributed by atoms with E-state index >= 15 is 0 Å². The van der Waals surface area contributed by atoms with Crippen molar-refractivity contribution in [1.82, 2.24) is 24.9 Å². The molecule has 3 heterocycles. The maximum atomic E-state index is 14.1. The second kappa shape index (κ2) is 8.20. The number of amides is 1. The van der Waals surface area contributed by atoms with E-state index in [1.165, 1.54) is 12.1 Å². The molecule has 0 radical (unpaired) electrons. The predicted molar refractivity (Wildman–Crippen MR) is 125 cm³/mol. The van der Waals surface area contributed by atoms with Crippen molar-refractivity contribution >= 4 is 29.0 Å². The molecule has 2 aromatic carbocycles. The van der Waals surface area contributed by atoms with Crippen LogP contribution in [0.25, 0.3) is 34.2 Å². The Kier molecular flexibility index (Phi) is 5.20. The van der Waals surface area contributed by atoms with Crippen LogP contribution in [0.4, 0.5) is 4.39 Å². The van der Waals surface area contributed by atoms with Crippen molar-refractivity contribution in [3.8, 4) is 16.9 Å². The Bertz CT molecular complexity index is 1400. The number of aromatic nitrogens is 4. The van der Waals surface area contributed by atoms with Gasteiger partial charge in [-0.1, -0.05) is 13.0 Å². The van der Waals surface area contributed by atoms with Crippen molar-refractivity contribution in [2.75, 3.05) is 20.2 Å². The van der Waals surface area contributed by atoms with E-state index in [0.717, 1.165) is 39.8 Å². The van der Waals surface area contributed by atoms with E-state index in [2.05, 4.69) is 15.3 Å². The van der Waals surface area contributed by atoms with Crippen LogP contribution in [0.3, 0.4) is 0 Å². The number of hydrogen-bond acceptors (Lipinski definition) is 4. The van der Waals surface area contributed by atoms with Gasteiger partial charge in [0.1, 0.15) is 18.2 Å². The molecule has 0 atom stereocenters. The Morgan fingerprint density at radius 1 is 1.15 bits per heavy atom. The fourth-order valence-electron chi connectivity index (χ4n) is 4.25. The summed E-state index contributed by atoms with van der Waals surface area (Å²) in [4.78, 5) is 14.8. The maximum absolute atomic E-state index is 14.1. The molecular weight excluding hydrogens is 421 g/mol. The molecular formula is C25H24FN5O2. The van der Waals surface area contributed by atoms with Crippen LogP contribution >= 0.6 is 0 Å². The Balaban J connectivity index is 1.72. The number of aryl methyl sites for hydroxylation is 1. The number of nitrogens with one attached hydrogen (secondary N) is 1. The van der Waals surface area contributed by atoms with Gasteiger partial charge in [0.25, 0.3) is 5.91 Å². The van der Waals surface area contributed by atoms with Gasteiger partial charge in [0.15, 0.2) is 5.69 Å². The van der Waals surface area contributed by atoms with E-state index in [9.17, 15) is 9.18 Å². The van der Waals surface area contributed by atoms with Gasteiger partial charge in [-0.3, -0.25) is 14.6 Å². The summed E-state index contributed by atoms with van der Waals surface area (Å²) in [6.07, 6.45) is 4.56. The molecule has 33 heavy (non-hydrogen) atoms. The molecule has 4 aromatic rings. The standard InChI is InChI=1S/C25H24FN5O2/c1-4-22-17-7-9-21-19-13-15(5-8-20(19)27-28-21)18-14-16(26)6-10-23(18)33-12-11-30(2)25(32)24(17)29-31(22)3/h5-10,13-14H,4,11-12H2,1-3H3,(H,27,28)/b9-7+. The summed E-state index contributed by atoms with van der Waals surface area (Å²) in [6.45, 7) is 2.66. The molecule has 0 fully saturated rings. The SMILES string of the molecule is CCc1c2c(nn1C)C(=O)N(C)CCOc1ccc(F)cc1-c1ccc3n[nH]c(c3c1)/C=C/2. The highest BCUT2D eigenvalue weighted by Crippen LogP contribution is 2.34. The lowest BCUT2D eigenvalue weighted by Crippen LogP contribution is -2.31. The smallest absolute Gasteiger partial charge is 0.274 e. The van der Waals surface area contributed by atoms with E-state index in [4.69, 9.17) is 4.74 Å². The average Bonchev–Trinajstić information content (AvgIpc) is 3.36. The first-order chi connectivity index (χ1) is 16.0. The van der Waals surface area contributed by atoms with Crippen LogP contribution in [0.5, 0.6) is 5.75 Å². The van der Waals surface area contributed by atoms with E-state index in [1.807, 2.05) is 44.3 Å². The van der Waals surface area contributed by atoms with E-state index in [-0.39, 0.29) is 18.3 Å². The minimum absolute atomic E-state index is 0.182. The Hall–Kier alpha value is -3.94. The molecule has 0 spiro atoms. The quantitative estimate of drug-likeness (QED) is 0.474. The molecule has 0 unspecified atom stereocenters. The summed E-state index contributed by atoms with van der Waals surface area (Å²) < 4.78 is 21.9. The highest BCUT2D eigenvalue weighted by Gasteiger charge is 2.23. The summed E-state index contributed by atoms with van der Waals surface area (Å²) in [5.74, 6) is 0.0286. The van der Waals surface area contributed by atoms with Gasteiger partial charge in [0.05, 0.1) is 17.8 Å². The zero-order chi connectivity index (χ0) is 23.1. The lowest BCUT2D eigenvalue weighted by atomic mass is 10.0. The number of hydrogen-bond donors (Lipinski definition) is 1. The van der Waals surface area contributed by atoms with Crippen molar-refractivity contribution in [1.29, 1.82) is 0 Å². The molecule has 7 nitrogen and oxygen atoms in total. The molecule has 0 saturated carbocycles. The Morgan fingerprint density at radius 2 is 2.00 bits per heavy atom. The first-order valence-corrected chi connectivity index (χ1v) is 10.9. The summed E-state index contributed by atoms with van der Waals surface area (Å²) in [7, 11) is 3.58. The fraction of sp³-hybridized carbons (Fsp3) is 0.240. The van der Waals surface area contributed by atoms with Gasteiger partial charge in [-0.2, -0.15) is 10.2 Å². The molecule has 5 rings (SSSR count). The zero-order valence-electron chi connectivity index (χ0n) is 18.7. The molecule has 1 amide bonds. The van der Waals surface area contributed by atoms with Crippen LogP contribution in [0.2, 0.25) is 0 Å². The number of rotatable bonds is 1. The molecule has 1 aliphatic rings.